The van der Waals surface area contributed by atoms with Gasteiger partial charge in [-0.25, -0.2) is 4.79 Å². The lowest BCUT2D eigenvalue weighted by atomic mass is 10.3. The van der Waals surface area contributed by atoms with Gasteiger partial charge in [0, 0.05) is 0 Å². The van der Waals surface area contributed by atoms with Gasteiger partial charge in [-0.1, -0.05) is 30.3 Å². The first kappa shape index (κ1) is 19.8. The second-order valence-electron chi connectivity index (χ2n) is 4.68. The number of alkyl halides is 2. The summed E-state index contributed by atoms with van der Waals surface area (Å²) in [6, 6.07) is 11.2. The number of esters is 1. The van der Waals surface area contributed by atoms with Crippen molar-refractivity contribution in [1.29, 1.82) is 0 Å². The van der Waals surface area contributed by atoms with E-state index in [0.29, 0.717) is 0 Å². The zero-order valence-corrected chi connectivity index (χ0v) is 14.2. The van der Waals surface area contributed by atoms with E-state index in [2.05, 4.69) is 4.74 Å². The summed E-state index contributed by atoms with van der Waals surface area (Å²) in [6.45, 7) is 0. The Bertz CT molecular complexity index is 1020. The molecule has 2 aromatic rings. The highest BCUT2D eigenvalue weighted by molar-refractivity contribution is 7.87. The van der Waals surface area contributed by atoms with Crippen molar-refractivity contribution < 1.29 is 43.9 Å². The van der Waals surface area contributed by atoms with Gasteiger partial charge in [0.05, 0.1) is 0 Å². The average Bonchev–Trinajstić information content (AvgIpc) is 2.54. The molecule has 1 N–H and O–H groups in total. The van der Waals surface area contributed by atoms with Crippen molar-refractivity contribution in [1.82, 2.24) is 0 Å². The Kier molecular flexibility index (Phi) is 5.30. The maximum atomic E-state index is 13.3. The summed E-state index contributed by atoms with van der Waals surface area (Å²) in [5, 5.41) is -5.29. The van der Waals surface area contributed by atoms with Crippen molar-refractivity contribution in [2.45, 2.75) is 10.2 Å². The van der Waals surface area contributed by atoms with Crippen LogP contribution in [0.15, 0.2) is 59.5 Å². The molecular formula is C14H10F2O8S2. The number of rotatable bonds is 6. The van der Waals surface area contributed by atoms with Gasteiger partial charge in [0.15, 0.2) is 5.75 Å². The number of carbonyl (C=O) groups is 1. The molecule has 26 heavy (non-hydrogen) atoms. The van der Waals surface area contributed by atoms with Crippen molar-refractivity contribution in [2.24, 2.45) is 0 Å². The summed E-state index contributed by atoms with van der Waals surface area (Å²) < 4.78 is 89.6. The highest BCUT2D eigenvalue weighted by Crippen LogP contribution is 2.30. The average molecular weight is 408 g/mol. The van der Waals surface area contributed by atoms with Crippen LogP contribution in [0.25, 0.3) is 0 Å². The minimum atomic E-state index is -6.11. The molecule has 0 atom stereocenters. The Labute approximate surface area is 146 Å². The Morgan fingerprint density at radius 3 is 2.04 bits per heavy atom. The van der Waals surface area contributed by atoms with Gasteiger partial charge in [0.1, 0.15) is 10.6 Å². The van der Waals surface area contributed by atoms with Crippen LogP contribution in [0.3, 0.4) is 0 Å². The summed E-state index contributed by atoms with van der Waals surface area (Å²) in [4.78, 5) is 10.6. The van der Waals surface area contributed by atoms with E-state index in [1.807, 2.05) is 0 Å². The van der Waals surface area contributed by atoms with Crippen LogP contribution in [0.4, 0.5) is 8.78 Å². The predicted molar refractivity (Wildman–Crippen MR) is 82.8 cm³/mol. The molecule has 12 heteroatoms. The van der Waals surface area contributed by atoms with Crippen LogP contribution in [0, 0.1) is 0 Å². The number of carbonyl (C=O) groups excluding carboxylic acids is 1. The highest BCUT2D eigenvalue weighted by atomic mass is 32.2. The van der Waals surface area contributed by atoms with E-state index in [-0.39, 0.29) is 5.75 Å². The lowest BCUT2D eigenvalue weighted by Crippen LogP contribution is -2.40. The predicted octanol–water partition coefficient (Wildman–Crippen LogP) is 1.84. The molecule has 0 fully saturated rings. The van der Waals surface area contributed by atoms with E-state index in [4.69, 9.17) is 8.74 Å². The lowest BCUT2D eigenvalue weighted by molar-refractivity contribution is -0.151. The van der Waals surface area contributed by atoms with Crippen LogP contribution >= 0.6 is 0 Å². The van der Waals surface area contributed by atoms with Gasteiger partial charge in [-0.05, 0) is 24.3 Å². The van der Waals surface area contributed by atoms with Gasteiger partial charge in [0.2, 0.25) is 0 Å². The molecule has 0 aliphatic heterocycles. The number of hydrogen-bond acceptors (Lipinski definition) is 7. The fourth-order valence-corrected chi connectivity index (χ4v) is 2.96. The fraction of sp³-hybridized carbons (Fsp3) is 0.0714. The van der Waals surface area contributed by atoms with Crippen molar-refractivity contribution in [2.75, 3.05) is 0 Å². The maximum absolute atomic E-state index is 13.3. The van der Waals surface area contributed by atoms with Gasteiger partial charge >= 0.3 is 31.5 Å². The maximum Gasteiger partial charge on any atom is 0.466 e. The molecule has 140 valence electrons. The van der Waals surface area contributed by atoms with E-state index < -0.39 is 42.1 Å². The Hall–Kier alpha value is -2.57. The van der Waals surface area contributed by atoms with Crippen LogP contribution < -0.4 is 8.92 Å². The molecule has 8 nitrogen and oxygen atoms in total. The first-order valence-electron chi connectivity index (χ1n) is 6.61. The molecule has 0 saturated carbocycles. The van der Waals surface area contributed by atoms with Crippen LogP contribution in [0.1, 0.15) is 0 Å². The molecule has 0 heterocycles. The third kappa shape index (κ3) is 4.15. The molecule has 0 bridgehead atoms. The van der Waals surface area contributed by atoms with E-state index >= 15 is 0 Å². The lowest BCUT2D eigenvalue weighted by Gasteiger charge is -2.14. The molecule has 0 radical (unpaired) electrons. The van der Waals surface area contributed by atoms with Crippen molar-refractivity contribution >= 4 is 26.2 Å². The minimum absolute atomic E-state index is 0.100. The molecule has 0 saturated heterocycles. The summed E-state index contributed by atoms with van der Waals surface area (Å²) >= 11 is 0. The molecule has 0 spiro atoms. The first-order valence-corrected chi connectivity index (χ1v) is 9.45. The summed E-state index contributed by atoms with van der Waals surface area (Å²) in [7, 11) is -10.7. The van der Waals surface area contributed by atoms with Gasteiger partial charge in [-0.3, -0.25) is 4.55 Å². The largest absolute Gasteiger partial charge is 0.466 e. The van der Waals surface area contributed by atoms with Gasteiger partial charge in [0.25, 0.3) is 0 Å². The standard InChI is InChI=1S/C14H10F2O8S2/c15-14(16,26(20,21)22)13(17)23-11-8-4-5-9-12(11)25(18,19)24-10-6-2-1-3-7-10/h1-9H,(H,20,21,22). The van der Waals surface area contributed by atoms with Crippen LogP contribution in [-0.2, 0) is 25.0 Å². The minimum Gasteiger partial charge on any atom is -0.420 e. The molecule has 2 rings (SSSR count). The second-order valence-corrected chi connectivity index (χ2v) is 7.66. The van der Waals surface area contributed by atoms with E-state index in [1.165, 1.54) is 30.3 Å². The smallest absolute Gasteiger partial charge is 0.420 e. The molecule has 0 aliphatic rings. The molecule has 0 amide bonds. The Balaban J connectivity index is 2.38. The van der Waals surface area contributed by atoms with E-state index in [1.54, 1.807) is 6.07 Å². The van der Waals surface area contributed by atoms with Crippen LogP contribution in [0.5, 0.6) is 11.5 Å². The third-order valence-electron chi connectivity index (χ3n) is 2.83. The van der Waals surface area contributed by atoms with Gasteiger partial charge in [-0.15, -0.1) is 0 Å². The second kappa shape index (κ2) is 6.97. The van der Waals surface area contributed by atoms with Crippen LogP contribution in [0.2, 0.25) is 0 Å². The van der Waals surface area contributed by atoms with E-state index in [9.17, 15) is 30.4 Å². The van der Waals surface area contributed by atoms with E-state index in [0.717, 1.165) is 18.2 Å². The Morgan fingerprint density at radius 2 is 1.46 bits per heavy atom. The normalized spacial score (nSPS) is 12.4. The zero-order valence-electron chi connectivity index (χ0n) is 12.6. The van der Waals surface area contributed by atoms with Crippen molar-refractivity contribution in [3.05, 3.63) is 54.6 Å². The number of halogens is 2. The molecule has 0 aliphatic carbocycles. The number of hydrogen-bond donors (Lipinski definition) is 1. The van der Waals surface area contributed by atoms with Gasteiger partial charge < -0.3 is 8.92 Å². The number of benzene rings is 2. The SMILES string of the molecule is O=C(Oc1ccccc1S(=O)(=O)Oc1ccccc1)C(F)(F)S(=O)(=O)O. The third-order valence-corrected chi connectivity index (χ3v) is 4.93. The summed E-state index contributed by atoms with van der Waals surface area (Å²) in [6.07, 6.45) is 0. The molecule has 0 aromatic heterocycles. The number of ether oxygens (including phenoxy) is 1. The summed E-state index contributed by atoms with van der Waals surface area (Å²) in [5.74, 6) is -3.68. The molecule has 0 unspecified atom stereocenters. The Morgan fingerprint density at radius 1 is 0.923 bits per heavy atom. The number of para-hydroxylation sites is 2. The molecular weight excluding hydrogens is 398 g/mol. The fourth-order valence-electron chi connectivity index (χ4n) is 1.65. The molecule has 2 aromatic carbocycles. The monoisotopic (exact) mass is 408 g/mol. The topological polar surface area (TPSA) is 124 Å². The van der Waals surface area contributed by atoms with Crippen molar-refractivity contribution in [3.8, 4) is 11.5 Å². The highest BCUT2D eigenvalue weighted by Gasteiger charge is 2.54. The first-order chi connectivity index (χ1) is 11.9. The quantitative estimate of drug-likeness (QED) is 0.332. The van der Waals surface area contributed by atoms with Crippen LogP contribution in [-0.4, -0.2) is 32.6 Å². The zero-order chi connectivity index (χ0) is 19.6. The summed E-state index contributed by atoms with van der Waals surface area (Å²) in [5.41, 5.74) is 0. The van der Waals surface area contributed by atoms with Crippen molar-refractivity contribution in [3.63, 3.8) is 0 Å². The van der Waals surface area contributed by atoms with Gasteiger partial charge in [-0.2, -0.15) is 25.6 Å².